The Morgan fingerprint density at radius 2 is 2.05 bits per heavy atom. The summed E-state index contributed by atoms with van der Waals surface area (Å²) in [6.07, 6.45) is 3.29. The van der Waals surface area contributed by atoms with E-state index in [1.54, 1.807) is 0 Å². The van der Waals surface area contributed by atoms with E-state index < -0.39 is 11.6 Å². The number of halogens is 2. The molecular formula is C15H21F2NO2. The van der Waals surface area contributed by atoms with E-state index in [0.29, 0.717) is 12.4 Å². The normalized spacial score (nSPS) is 22.1. The van der Waals surface area contributed by atoms with Gasteiger partial charge in [0, 0.05) is 12.6 Å². The molecule has 0 saturated carbocycles. The highest BCUT2D eigenvalue weighted by Gasteiger charge is 2.25. The van der Waals surface area contributed by atoms with Crippen LogP contribution in [0.25, 0.3) is 0 Å². The molecule has 2 rings (SSSR count). The van der Waals surface area contributed by atoms with Gasteiger partial charge in [-0.25, -0.2) is 8.78 Å². The molecule has 1 fully saturated rings. The number of nitrogens with one attached hydrogen (secondary N) is 1. The second-order valence-corrected chi connectivity index (χ2v) is 5.05. The van der Waals surface area contributed by atoms with Gasteiger partial charge in [0.05, 0.1) is 12.2 Å². The zero-order valence-electron chi connectivity index (χ0n) is 11.7. The van der Waals surface area contributed by atoms with Crippen molar-refractivity contribution in [2.45, 2.75) is 38.4 Å². The van der Waals surface area contributed by atoms with Crippen molar-refractivity contribution in [2.75, 3.05) is 19.7 Å². The van der Waals surface area contributed by atoms with Crippen LogP contribution in [-0.2, 0) is 4.74 Å². The van der Waals surface area contributed by atoms with E-state index in [2.05, 4.69) is 12.2 Å². The van der Waals surface area contributed by atoms with Crippen LogP contribution in [0, 0.1) is 11.6 Å². The van der Waals surface area contributed by atoms with Crippen LogP contribution in [0.2, 0.25) is 0 Å². The van der Waals surface area contributed by atoms with Gasteiger partial charge >= 0.3 is 0 Å². The molecule has 1 aliphatic heterocycles. The molecule has 112 valence electrons. The summed E-state index contributed by atoms with van der Waals surface area (Å²) >= 11 is 0. The largest absolute Gasteiger partial charge is 0.491 e. The predicted molar refractivity (Wildman–Crippen MR) is 72.9 cm³/mol. The van der Waals surface area contributed by atoms with Crippen molar-refractivity contribution in [3.05, 3.63) is 29.8 Å². The van der Waals surface area contributed by atoms with E-state index in [1.807, 2.05) is 0 Å². The molecule has 1 N–H and O–H groups in total. The van der Waals surface area contributed by atoms with Crippen molar-refractivity contribution in [1.29, 1.82) is 0 Å². The number of hydrogen-bond acceptors (Lipinski definition) is 3. The van der Waals surface area contributed by atoms with Crippen molar-refractivity contribution in [3.8, 4) is 5.75 Å². The summed E-state index contributed by atoms with van der Waals surface area (Å²) in [4.78, 5) is 0. The molecule has 2 unspecified atom stereocenters. The molecule has 0 bridgehead atoms. The van der Waals surface area contributed by atoms with Gasteiger partial charge in [-0.2, -0.15) is 0 Å². The number of benzene rings is 1. The first-order valence-corrected chi connectivity index (χ1v) is 7.13. The quantitative estimate of drug-likeness (QED) is 0.781. The van der Waals surface area contributed by atoms with Gasteiger partial charge in [-0.3, -0.25) is 0 Å². The van der Waals surface area contributed by atoms with E-state index in [-0.39, 0.29) is 12.2 Å². The van der Waals surface area contributed by atoms with E-state index in [9.17, 15) is 8.78 Å². The fourth-order valence-electron chi connectivity index (χ4n) is 2.25. The van der Waals surface area contributed by atoms with Crippen molar-refractivity contribution < 1.29 is 18.3 Å². The lowest BCUT2D eigenvalue weighted by Gasteiger charge is -2.15. The Morgan fingerprint density at radius 1 is 1.25 bits per heavy atom. The Kier molecular flexibility index (Phi) is 5.73. The highest BCUT2D eigenvalue weighted by atomic mass is 19.2. The summed E-state index contributed by atoms with van der Waals surface area (Å²) in [5.74, 6) is -1.42. The molecule has 2 atom stereocenters. The zero-order valence-corrected chi connectivity index (χ0v) is 11.7. The Morgan fingerprint density at radius 3 is 2.80 bits per heavy atom. The first-order valence-electron chi connectivity index (χ1n) is 7.13. The molecule has 5 heteroatoms. The van der Waals surface area contributed by atoms with Gasteiger partial charge in [-0.1, -0.05) is 6.92 Å². The van der Waals surface area contributed by atoms with Gasteiger partial charge in [0.15, 0.2) is 11.6 Å². The molecule has 0 amide bonds. The number of hydrogen-bond donors (Lipinski definition) is 1. The second kappa shape index (κ2) is 7.55. The number of ether oxygens (including phenoxy) is 2. The third kappa shape index (κ3) is 4.42. The molecule has 20 heavy (non-hydrogen) atoms. The van der Waals surface area contributed by atoms with E-state index >= 15 is 0 Å². The molecule has 1 aliphatic rings. The first kappa shape index (κ1) is 15.2. The molecule has 0 spiro atoms. The SMILES string of the molecule is CCCNCC1CCC(COc2ccc(F)c(F)c2)O1. The maximum atomic E-state index is 13.0. The van der Waals surface area contributed by atoms with Crippen molar-refractivity contribution >= 4 is 0 Å². The molecule has 1 heterocycles. The van der Waals surface area contributed by atoms with Gasteiger partial charge in [-0.15, -0.1) is 0 Å². The molecule has 0 radical (unpaired) electrons. The van der Waals surface area contributed by atoms with E-state index in [0.717, 1.165) is 44.5 Å². The van der Waals surface area contributed by atoms with Crippen LogP contribution >= 0.6 is 0 Å². The third-order valence-electron chi connectivity index (χ3n) is 3.32. The van der Waals surface area contributed by atoms with Crippen LogP contribution in [0.4, 0.5) is 8.78 Å². The van der Waals surface area contributed by atoms with Crippen LogP contribution in [0.5, 0.6) is 5.75 Å². The fourth-order valence-corrected chi connectivity index (χ4v) is 2.25. The van der Waals surface area contributed by atoms with Gasteiger partial charge in [0.1, 0.15) is 12.4 Å². The summed E-state index contributed by atoms with van der Waals surface area (Å²) in [6.45, 7) is 4.35. The van der Waals surface area contributed by atoms with Crippen LogP contribution in [0.15, 0.2) is 18.2 Å². The van der Waals surface area contributed by atoms with Gasteiger partial charge in [-0.05, 0) is 37.9 Å². The van der Waals surface area contributed by atoms with Crippen molar-refractivity contribution in [1.82, 2.24) is 5.32 Å². The minimum absolute atomic E-state index is 0.0246. The van der Waals surface area contributed by atoms with Gasteiger partial charge in [0.2, 0.25) is 0 Å². The highest BCUT2D eigenvalue weighted by molar-refractivity contribution is 5.23. The molecular weight excluding hydrogens is 264 g/mol. The summed E-state index contributed by atoms with van der Waals surface area (Å²) in [5.41, 5.74) is 0. The van der Waals surface area contributed by atoms with Gasteiger partial charge < -0.3 is 14.8 Å². The third-order valence-corrected chi connectivity index (χ3v) is 3.32. The summed E-state index contributed by atoms with van der Waals surface area (Å²) in [5, 5.41) is 3.33. The van der Waals surface area contributed by atoms with Gasteiger partial charge in [0.25, 0.3) is 0 Å². The smallest absolute Gasteiger partial charge is 0.162 e. The van der Waals surface area contributed by atoms with Crippen LogP contribution in [0.1, 0.15) is 26.2 Å². The molecule has 1 aromatic carbocycles. The van der Waals surface area contributed by atoms with Crippen molar-refractivity contribution in [3.63, 3.8) is 0 Å². The Labute approximate surface area is 118 Å². The molecule has 1 saturated heterocycles. The maximum absolute atomic E-state index is 13.0. The lowest BCUT2D eigenvalue weighted by molar-refractivity contribution is 0.0186. The number of rotatable bonds is 7. The average Bonchev–Trinajstić information content (AvgIpc) is 2.88. The summed E-state index contributed by atoms with van der Waals surface area (Å²) in [7, 11) is 0. The highest BCUT2D eigenvalue weighted by Crippen LogP contribution is 2.21. The topological polar surface area (TPSA) is 30.5 Å². The van der Waals surface area contributed by atoms with E-state index in [1.165, 1.54) is 6.07 Å². The standard InChI is InChI=1S/C15H21F2NO2/c1-2-7-18-9-12-3-4-13(20-12)10-19-11-5-6-14(16)15(17)8-11/h5-6,8,12-13,18H,2-4,7,9-10H2,1H3. The van der Waals surface area contributed by atoms with Crippen LogP contribution in [-0.4, -0.2) is 31.9 Å². The summed E-state index contributed by atoms with van der Waals surface area (Å²) in [6, 6.07) is 3.55. The first-order chi connectivity index (χ1) is 9.69. The molecule has 3 nitrogen and oxygen atoms in total. The van der Waals surface area contributed by atoms with Crippen molar-refractivity contribution in [2.24, 2.45) is 0 Å². The minimum atomic E-state index is -0.892. The zero-order chi connectivity index (χ0) is 14.4. The average molecular weight is 285 g/mol. The van der Waals surface area contributed by atoms with Crippen LogP contribution in [0.3, 0.4) is 0 Å². The monoisotopic (exact) mass is 285 g/mol. The molecule has 0 aromatic heterocycles. The lowest BCUT2D eigenvalue weighted by atomic mass is 10.2. The lowest BCUT2D eigenvalue weighted by Crippen LogP contribution is -2.28. The Hall–Kier alpha value is -1.20. The minimum Gasteiger partial charge on any atom is -0.491 e. The predicted octanol–water partition coefficient (Wildman–Crippen LogP) is 2.89. The summed E-state index contributed by atoms with van der Waals surface area (Å²) < 4.78 is 37.1. The molecule has 1 aromatic rings. The van der Waals surface area contributed by atoms with Crippen LogP contribution < -0.4 is 10.1 Å². The maximum Gasteiger partial charge on any atom is 0.162 e. The second-order valence-electron chi connectivity index (χ2n) is 5.05. The Balaban J connectivity index is 1.71. The van der Waals surface area contributed by atoms with E-state index in [4.69, 9.17) is 9.47 Å². The Bertz CT molecular complexity index is 428. The fraction of sp³-hybridized carbons (Fsp3) is 0.600. The molecule has 0 aliphatic carbocycles.